The largest absolute Gasteiger partial charge is 0.481 e. The summed E-state index contributed by atoms with van der Waals surface area (Å²) in [5.41, 5.74) is 0. The van der Waals surface area contributed by atoms with Gasteiger partial charge >= 0.3 is 18.0 Å². The number of hydrogen-bond donors (Lipinski definition) is 3. The fourth-order valence-corrected chi connectivity index (χ4v) is 1.37. The number of unbranched alkanes of at least 4 members (excludes halogenated alkanes) is 1. The molecular formula is C11H20N2O5. The molecule has 7 nitrogen and oxygen atoms in total. The summed E-state index contributed by atoms with van der Waals surface area (Å²) in [5.74, 6) is -2.61. The SMILES string of the molecule is CCCCN(CC)C(=O)N[C@@H](CC(=O)O)C(=O)O. The number of urea groups is 1. The molecule has 0 fully saturated rings. The van der Waals surface area contributed by atoms with Gasteiger partial charge in [0.05, 0.1) is 6.42 Å². The average Bonchev–Trinajstić information content (AvgIpc) is 2.28. The lowest BCUT2D eigenvalue weighted by molar-refractivity contribution is -0.145. The Hall–Kier alpha value is -1.79. The van der Waals surface area contributed by atoms with Crippen molar-refractivity contribution in [2.24, 2.45) is 0 Å². The zero-order chi connectivity index (χ0) is 14.1. The zero-order valence-electron chi connectivity index (χ0n) is 10.7. The van der Waals surface area contributed by atoms with Crippen LogP contribution >= 0.6 is 0 Å². The quantitative estimate of drug-likeness (QED) is 0.597. The van der Waals surface area contributed by atoms with E-state index in [4.69, 9.17) is 10.2 Å². The molecule has 104 valence electrons. The molecule has 0 rings (SSSR count). The van der Waals surface area contributed by atoms with Crippen LogP contribution in [0.4, 0.5) is 4.79 Å². The Balaban J connectivity index is 4.46. The Kier molecular flexibility index (Phi) is 7.50. The summed E-state index contributed by atoms with van der Waals surface area (Å²) in [6, 6.07) is -1.94. The van der Waals surface area contributed by atoms with Crippen LogP contribution < -0.4 is 5.32 Å². The van der Waals surface area contributed by atoms with Crippen molar-refractivity contribution in [1.82, 2.24) is 10.2 Å². The Morgan fingerprint density at radius 1 is 1.22 bits per heavy atom. The molecule has 0 aromatic heterocycles. The third-order valence-corrected chi connectivity index (χ3v) is 2.43. The van der Waals surface area contributed by atoms with E-state index < -0.39 is 30.4 Å². The second-order valence-electron chi connectivity index (χ2n) is 3.87. The molecule has 2 amide bonds. The molecule has 0 unspecified atom stereocenters. The standard InChI is InChI=1S/C11H20N2O5/c1-3-5-6-13(4-2)11(18)12-8(10(16)17)7-9(14)15/h8H,3-7H2,1-2H3,(H,12,18)(H,14,15)(H,16,17)/t8-/m0/s1. The van der Waals surface area contributed by atoms with Crippen LogP contribution in [0.25, 0.3) is 0 Å². The number of carboxylic acid groups (broad SMARTS) is 2. The number of carboxylic acids is 2. The van der Waals surface area contributed by atoms with Crippen molar-refractivity contribution in [3.63, 3.8) is 0 Å². The van der Waals surface area contributed by atoms with Gasteiger partial charge in [-0.15, -0.1) is 0 Å². The number of nitrogens with zero attached hydrogens (tertiary/aromatic N) is 1. The van der Waals surface area contributed by atoms with Crippen molar-refractivity contribution in [3.05, 3.63) is 0 Å². The zero-order valence-corrected chi connectivity index (χ0v) is 10.7. The Bertz CT molecular complexity index is 306. The summed E-state index contributed by atoms with van der Waals surface area (Å²) >= 11 is 0. The minimum absolute atomic E-state index is 0.450. The van der Waals surface area contributed by atoms with Crippen LogP contribution in [0.5, 0.6) is 0 Å². The van der Waals surface area contributed by atoms with Gasteiger partial charge in [0, 0.05) is 13.1 Å². The highest BCUT2D eigenvalue weighted by Crippen LogP contribution is 1.99. The molecule has 0 saturated carbocycles. The Labute approximate surface area is 106 Å². The van der Waals surface area contributed by atoms with E-state index in [1.807, 2.05) is 6.92 Å². The van der Waals surface area contributed by atoms with Crippen LogP contribution in [0.3, 0.4) is 0 Å². The lowest BCUT2D eigenvalue weighted by atomic mass is 10.2. The van der Waals surface area contributed by atoms with Gasteiger partial charge < -0.3 is 20.4 Å². The summed E-state index contributed by atoms with van der Waals surface area (Å²) in [5, 5.41) is 19.6. The van der Waals surface area contributed by atoms with E-state index in [0.29, 0.717) is 13.1 Å². The third-order valence-electron chi connectivity index (χ3n) is 2.43. The summed E-state index contributed by atoms with van der Waals surface area (Å²) in [4.78, 5) is 34.5. The van der Waals surface area contributed by atoms with Gasteiger partial charge in [0.2, 0.25) is 0 Å². The van der Waals surface area contributed by atoms with Gasteiger partial charge in [-0.2, -0.15) is 0 Å². The van der Waals surface area contributed by atoms with Crippen LogP contribution in [0.15, 0.2) is 0 Å². The van der Waals surface area contributed by atoms with Gasteiger partial charge in [0.15, 0.2) is 0 Å². The van der Waals surface area contributed by atoms with Gasteiger partial charge in [-0.25, -0.2) is 9.59 Å². The predicted molar refractivity (Wildman–Crippen MR) is 64.4 cm³/mol. The van der Waals surface area contributed by atoms with E-state index in [9.17, 15) is 14.4 Å². The average molecular weight is 260 g/mol. The minimum Gasteiger partial charge on any atom is -0.481 e. The molecular weight excluding hydrogens is 240 g/mol. The number of nitrogens with one attached hydrogen (secondary N) is 1. The van der Waals surface area contributed by atoms with E-state index in [1.54, 1.807) is 6.92 Å². The van der Waals surface area contributed by atoms with Gasteiger partial charge in [-0.05, 0) is 13.3 Å². The molecule has 1 atom stereocenters. The maximum Gasteiger partial charge on any atom is 0.326 e. The second kappa shape index (κ2) is 8.32. The number of hydrogen-bond acceptors (Lipinski definition) is 3. The van der Waals surface area contributed by atoms with Crippen LogP contribution in [0.1, 0.15) is 33.1 Å². The van der Waals surface area contributed by atoms with E-state index in [1.165, 1.54) is 4.90 Å². The first-order chi connectivity index (χ1) is 8.42. The molecule has 0 saturated heterocycles. The fraction of sp³-hybridized carbons (Fsp3) is 0.727. The van der Waals surface area contributed by atoms with E-state index in [2.05, 4.69) is 5.32 Å². The van der Waals surface area contributed by atoms with Crippen molar-refractivity contribution < 1.29 is 24.6 Å². The second-order valence-corrected chi connectivity index (χ2v) is 3.87. The molecule has 0 radical (unpaired) electrons. The lowest BCUT2D eigenvalue weighted by Crippen LogP contribution is -2.48. The number of aliphatic carboxylic acids is 2. The first-order valence-corrected chi connectivity index (χ1v) is 5.92. The Morgan fingerprint density at radius 2 is 1.83 bits per heavy atom. The number of carbonyl (C=O) groups is 3. The lowest BCUT2D eigenvalue weighted by Gasteiger charge is -2.23. The number of rotatable bonds is 8. The van der Waals surface area contributed by atoms with Crippen LogP contribution in [-0.4, -0.2) is 52.2 Å². The molecule has 18 heavy (non-hydrogen) atoms. The molecule has 0 aromatic carbocycles. The minimum atomic E-state index is -1.40. The highest BCUT2D eigenvalue weighted by atomic mass is 16.4. The molecule has 0 aliphatic carbocycles. The summed E-state index contributed by atoms with van der Waals surface area (Å²) in [6.45, 7) is 4.74. The van der Waals surface area contributed by atoms with Crippen molar-refractivity contribution in [3.8, 4) is 0 Å². The summed E-state index contributed by atoms with van der Waals surface area (Å²) < 4.78 is 0. The Morgan fingerprint density at radius 3 is 2.22 bits per heavy atom. The molecule has 0 aromatic rings. The molecule has 0 aliphatic heterocycles. The van der Waals surface area contributed by atoms with E-state index in [-0.39, 0.29) is 0 Å². The van der Waals surface area contributed by atoms with Gasteiger partial charge in [-0.1, -0.05) is 13.3 Å². The predicted octanol–water partition coefficient (Wildman–Crippen LogP) is 0.746. The van der Waals surface area contributed by atoms with Gasteiger partial charge in [0.25, 0.3) is 0 Å². The fourth-order valence-electron chi connectivity index (χ4n) is 1.37. The molecule has 7 heteroatoms. The maximum atomic E-state index is 11.7. The third kappa shape index (κ3) is 6.07. The first-order valence-electron chi connectivity index (χ1n) is 5.92. The van der Waals surface area contributed by atoms with E-state index in [0.717, 1.165) is 12.8 Å². The summed E-state index contributed by atoms with van der Waals surface area (Å²) in [7, 11) is 0. The van der Waals surface area contributed by atoms with Crippen molar-refractivity contribution in [1.29, 1.82) is 0 Å². The summed E-state index contributed by atoms with van der Waals surface area (Å²) in [6.07, 6.45) is 1.10. The van der Waals surface area contributed by atoms with Crippen molar-refractivity contribution in [2.75, 3.05) is 13.1 Å². The molecule has 0 heterocycles. The smallest absolute Gasteiger partial charge is 0.326 e. The first kappa shape index (κ1) is 16.2. The van der Waals surface area contributed by atoms with Crippen LogP contribution in [-0.2, 0) is 9.59 Å². The number of amides is 2. The maximum absolute atomic E-state index is 11.7. The molecule has 0 spiro atoms. The monoisotopic (exact) mass is 260 g/mol. The van der Waals surface area contributed by atoms with Crippen molar-refractivity contribution in [2.45, 2.75) is 39.2 Å². The molecule has 3 N–H and O–H groups in total. The van der Waals surface area contributed by atoms with Crippen LogP contribution in [0, 0.1) is 0 Å². The van der Waals surface area contributed by atoms with Gasteiger partial charge in [0.1, 0.15) is 6.04 Å². The van der Waals surface area contributed by atoms with Gasteiger partial charge in [-0.3, -0.25) is 4.79 Å². The van der Waals surface area contributed by atoms with Crippen LogP contribution in [0.2, 0.25) is 0 Å². The number of carbonyl (C=O) groups excluding carboxylic acids is 1. The highest BCUT2D eigenvalue weighted by molar-refractivity contribution is 5.86. The highest BCUT2D eigenvalue weighted by Gasteiger charge is 2.24. The van der Waals surface area contributed by atoms with E-state index >= 15 is 0 Å². The topological polar surface area (TPSA) is 107 Å². The normalized spacial score (nSPS) is 11.7. The molecule has 0 bridgehead atoms. The van der Waals surface area contributed by atoms with Crippen molar-refractivity contribution >= 4 is 18.0 Å². The molecule has 0 aliphatic rings.